The summed E-state index contributed by atoms with van der Waals surface area (Å²) in [5.74, 6) is 0.0322. The van der Waals surface area contributed by atoms with Gasteiger partial charge in [-0.1, -0.05) is 36.4 Å². The van der Waals surface area contributed by atoms with Gasteiger partial charge in [-0.15, -0.1) is 24.8 Å². The number of para-hydroxylation sites is 2. The van der Waals surface area contributed by atoms with E-state index in [2.05, 4.69) is 40.5 Å². The van der Waals surface area contributed by atoms with E-state index < -0.39 is 0 Å². The van der Waals surface area contributed by atoms with Crippen molar-refractivity contribution >= 4 is 42.1 Å². The lowest BCUT2D eigenvalue weighted by Crippen LogP contribution is -2.21. The number of nitrogens with zero attached hydrogens (tertiary/aromatic N) is 1. The second-order valence-corrected chi connectivity index (χ2v) is 5.90. The first-order valence-corrected chi connectivity index (χ1v) is 8.18. The van der Waals surface area contributed by atoms with E-state index in [-0.39, 0.29) is 30.7 Å². The van der Waals surface area contributed by atoms with Crippen LogP contribution in [0.4, 0.5) is 11.4 Å². The second-order valence-electron chi connectivity index (χ2n) is 5.90. The van der Waals surface area contributed by atoms with Gasteiger partial charge in [-0.3, -0.25) is 4.79 Å². The number of carbonyl (C=O) groups excluding carboxylic acids is 1. The first-order chi connectivity index (χ1) is 11.3. The van der Waals surface area contributed by atoms with Gasteiger partial charge >= 0.3 is 0 Å². The topological polar surface area (TPSA) is 58.4 Å². The van der Waals surface area contributed by atoms with E-state index in [4.69, 9.17) is 5.73 Å². The summed E-state index contributed by atoms with van der Waals surface area (Å²) < 4.78 is 0. The predicted octanol–water partition coefficient (Wildman–Crippen LogP) is 3.77. The quantitative estimate of drug-likeness (QED) is 0.800. The van der Waals surface area contributed by atoms with Crippen LogP contribution in [0.15, 0.2) is 48.5 Å². The number of hydrogen-bond acceptors (Lipinski definition) is 3. The number of rotatable bonds is 6. The third-order valence-electron chi connectivity index (χ3n) is 4.24. The maximum atomic E-state index is 12.0. The average molecular weight is 382 g/mol. The number of carbonyl (C=O) groups is 1. The molecule has 6 heteroatoms. The van der Waals surface area contributed by atoms with Gasteiger partial charge in [0.15, 0.2) is 0 Å². The molecule has 4 nitrogen and oxygen atoms in total. The molecule has 25 heavy (non-hydrogen) atoms. The number of nitrogens with two attached hydrogens (primary N) is 1. The minimum atomic E-state index is 0. The Morgan fingerprint density at radius 1 is 1.08 bits per heavy atom. The van der Waals surface area contributed by atoms with Crippen LogP contribution in [0, 0.1) is 0 Å². The van der Waals surface area contributed by atoms with Gasteiger partial charge < -0.3 is 16.0 Å². The van der Waals surface area contributed by atoms with Gasteiger partial charge in [0.25, 0.3) is 0 Å². The molecule has 1 amide bonds. The first-order valence-electron chi connectivity index (χ1n) is 8.18. The smallest absolute Gasteiger partial charge is 0.224 e. The molecule has 0 aliphatic carbocycles. The molecule has 3 rings (SSSR count). The molecule has 0 unspecified atom stereocenters. The highest BCUT2D eigenvalue weighted by Gasteiger charge is 2.19. The van der Waals surface area contributed by atoms with Crippen molar-refractivity contribution in [3.63, 3.8) is 0 Å². The summed E-state index contributed by atoms with van der Waals surface area (Å²) in [6, 6.07) is 16.6. The lowest BCUT2D eigenvalue weighted by atomic mass is 10.1. The summed E-state index contributed by atoms with van der Waals surface area (Å²) in [7, 11) is 0. The normalized spacial score (nSPS) is 12.0. The van der Waals surface area contributed by atoms with Crippen LogP contribution >= 0.6 is 24.8 Å². The number of halogens is 2. The molecule has 136 valence electrons. The summed E-state index contributed by atoms with van der Waals surface area (Å²) in [5.41, 5.74) is 10.2. The van der Waals surface area contributed by atoms with E-state index >= 15 is 0 Å². The van der Waals surface area contributed by atoms with Gasteiger partial charge in [-0.2, -0.15) is 0 Å². The van der Waals surface area contributed by atoms with Crippen molar-refractivity contribution < 1.29 is 4.79 Å². The summed E-state index contributed by atoms with van der Waals surface area (Å²) in [4.78, 5) is 14.4. The number of anilines is 2. The van der Waals surface area contributed by atoms with Gasteiger partial charge in [0, 0.05) is 30.9 Å². The fourth-order valence-corrected chi connectivity index (χ4v) is 3.03. The van der Waals surface area contributed by atoms with Crippen LogP contribution in [0.2, 0.25) is 0 Å². The van der Waals surface area contributed by atoms with Gasteiger partial charge in [0.05, 0.1) is 0 Å². The summed E-state index contributed by atoms with van der Waals surface area (Å²) in [5, 5.41) is 3.02. The molecular formula is C19H25Cl2N3O. The van der Waals surface area contributed by atoms with Crippen molar-refractivity contribution in [3.8, 4) is 0 Å². The molecule has 2 aromatic carbocycles. The number of nitrogens with one attached hydrogen (secondary N) is 1. The summed E-state index contributed by atoms with van der Waals surface area (Å²) >= 11 is 0. The number of benzene rings is 2. The Balaban J connectivity index is 0.00000156. The highest BCUT2D eigenvalue weighted by atomic mass is 35.5. The first kappa shape index (κ1) is 21.3. The molecule has 0 saturated heterocycles. The fourth-order valence-electron chi connectivity index (χ4n) is 3.03. The van der Waals surface area contributed by atoms with Crippen LogP contribution in [0.3, 0.4) is 0 Å². The Morgan fingerprint density at radius 3 is 2.60 bits per heavy atom. The highest BCUT2D eigenvalue weighted by molar-refractivity contribution is 5.91. The molecule has 3 N–H and O–H groups in total. The van der Waals surface area contributed by atoms with Crippen LogP contribution in [0.5, 0.6) is 0 Å². The molecule has 0 spiro atoms. The van der Waals surface area contributed by atoms with Gasteiger partial charge in [-0.25, -0.2) is 0 Å². The maximum absolute atomic E-state index is 12.0. The van der Waals surface area contributed by atoms with E-state index in [0.717, 1.165) is 30.8 Å². The Hall–Kier alpha value is -1.75. The van der Waals surface area contributed by atoms with E-state index in [9.17, 15) is 4.79 Å². The van der Waals surface area contributed by atoms with Crippen molar-refractivity contribution in [2.24, 2.45) is 5.73 Å². The molecule has 0 aromatic heterocycles. The van der Waals surface area contributed by atoms with Gasteiger partial charge in [0.1, 0.15) is 0 Å². The second kappa shape index (κ2) is 10.3. The fraction of sp³-hybridized carbons (Fsp3) is 0.316. The Labute approximate surface area is 161 Å². The summed E-state index contributed by atoms with van der Waals surface area (Å²) in [6.07, 6.45) is 2.27. The van der Waals surface area contributed by atoms with Crippen molar-refractivity contribution in [2.45, 2.75) is 25.8 Å². The SMILES string of the molecule is Cl.Cl.NCCCC(=O)Nc1ccccc1CN1CCc2ccccc21. The standard InChI is InChI=1S/C19H23N3O.2ClH/c20-12-5-10-19(23)21-17-8-3-1-7-16(17)14-22-13-11-15-6-2-4-9-18(15)22;;/h1-4,6-9H,5,10-14,20H2,(H,21,23);2*1H. The zero-order chi connectivity index (χ0) is 16.1. The summed E-state index contributed by atoms with van der Waals surface area (Å²) in [6.45, 7) is 2.37. The predicted molar refractivity (Wildman–Crippen MR) is 109 cm³/mol. The van der Waals surface area contributed by atoms with Crippen LogP contribution in [0.1, 0.15) is 24.0 Å². The van der Waals surface area contributed by atoms with Crippen LogP contribution in [-0.2, 0) is 17.8 Å². The molecule has 1 heterocycles. The third kappa shape index (κ3) is 5.36. The molecule has 0 bridgehead atoms. The maximum Gasteiger partial charge on any atom is 0.224 e. The molecular weight excluding hydrogens is 357 g/mol. The lowest BCUT2D eigenvalue weighted by molar-refractivity contribution is -0.116. The number of fused-ring (bicyclic) bond motifs is 1. The monoisotopic (exact) mass is 381 g/mol. The Bertz CT molecular complexity index is 694. The van der Waals surface area contributed by atoms with Crippen molar-refractivity contribution in [1.29, 1.82) is 0 Å². The minimum Gasteiger partial charge on any atom is -0.367 e. The zero-order valence-corrected chi connectivity index (χ0v) is 15.7. The zero-order valence-electron chi connectivity index (χ0n) is 14.1. The van der Waals surface area contributed by atoms with E-state index in [1.807, 2.05) is 18.2 Å². The van der Waals surface area contributed by atoms with Crippen molar-refractivity contribution in [2.75, 3.05) is 23.3 Å². The highest BCUT2D eigenvalue weighted by Crippen LogP contribution is 2.30. The van der Waals surface area contributed by atoms with Crippen LogP contribution < -0.4 is 16.0 Å². The molecule has 2 aromatic rings. The number of hydrogen-bond donors (Lipinski definition) is 2. The van der Waals surface area contributed by atoms with E-state index in [0.29, 0.717) is 19.4 Å². The Morgan fingerprint density at radius 2 is 1.80 bits per heavy atom. The largest absolute Gasteiger partial charge is 0.367 e. The lowest BCUT2D eigenvalue weighted by Gasteiger charge is -2.21. The molecule has 0 saturated carbocycles. The number of amides is 1. The minimum absolute atomic E-state index is 0. The molecule has 1 aliphatic heterocycles. The van der Waals surface area contributed by atoms with Gasteiger partial charge in [0.2, 0.25) is 5.91 Å². The molecule has 1 aliphatic rings. The Kier molecular flexibility index (Phi) is 8.76. The van der Waals surface area contributed by atoms with Gasteiger partial charge in [-0.05, 0) is 42.6 Å². The van der Waals surface area contributed by atoms with E-state index in [1.54, 1.807) is 0 Å². The average Bonchev–Trinajstić information content (AvgIpc) is 2.98. The third-order valence-corrected chi connectivity index (χ3v) is 4.24. The molecule has 0 radical (unpaired) electrons. The van der Waals surface area contributed by atoms with Crippen LogP contribution in [0.25, 0.3) is 0 Å². The van der Waals surface area contributed by atoms with E-state index in [1.165, 1.54) is 11.3 Å². The molecule has 0 fully saturated rings. The molecule has 0 atom stereocenters. The van der Waals surface area contributed by atoms with Crippen molar-refractivity contribution in [1.82, 2.24) is 0 Å². The van der Waals surface area contributed by atoms with Crippen LogP contribution in [-0.4, -0.2) is 19.0 Å². The van der Waals surface area contributed by atoms with Crippen molar-refractivity contribution in [3.05, 3.63) is 59.7 Å².